The summed E-state index contributed by atoms with van der Waals surface area (Å²) in [5.41, 5.74) is 0. The molecular weight excluding hydrogens is 294 g/mol. The summed E-state index contributed by atoms with van der Waals surface area (Å²) in [5, 5.41) is 0. The SMILES string of the molecule is CCCCCCCCC=CCCCCCCCCN1C=NCC1.N. The molecule has 0 fully saturated rings. The first-order valence-corrected chi connectivity index (χ1v) is 10.3. The monoisotopic (exact) mass is 337 g/mol. The molecule has 0 aromatic rings. The highest BCUT2D eigenvalue weighted by molar-refractivity contribution is 5.56. The summed E-state index contributed by atoms with van der Waals surface area (Å²) in [7, 11) is 0. The third-order valence-electron chi connectivity index (χ3n) is 4.72. The molecule has 0 radical (unpaired) electrons. The Morgan fingerprint density at radius 3 is 1.88 bits per heavy atom. The lowest BCUT2D eigenvalue weighted by atomic mass is 10.1. The highest BCUT2D eigenvalue weighted by Gasteiger charge is 2.03. The van der Waals surface area contributed by atoms with Gasteiger partial charge in [0.15, 0.2) is 0 Å². The molecule has 0 aliphatic carbocycles. The predicted octanol–water partition coefficient (Wildman–Crippen LogP) is 6.53. The van der Waals surface area contributed by atoms with Crippen LogP contribution >= 0.6 is 0 Å². The number of hydrogen-bond acceptors (Lipinski definition) is 3. The molecule has 0 bridgehead atoms. The average Bonchev–Trinajstić information content (AvgIpc) is 3.08. The van der Waals surface area contributed by atoms with Crippen LogP contribution in [-0.4, -0.2) is 30.9 Å². The third-order valence-corrected chi connectivity index (χ3v) is 4.72. The number of nitrogens with zero attached hydrogens (tertiary/aromatic N) is 2. The number of allylic oxidation sites excluding steroid dienone is 2. The number of aliphatic imine (C=N–C) groups is 1. The van der Waals surface area contributed by atoms with Gasteiger partial charge in [-0.3, -0.25) is 4.99 Å². The summed E-state index contributed by atoms with van der Waals surface area (Å²) in [6.07, 6.45) is 26.2. The van der Waals surface area contributed by atoms with E-state index in [0.29, 0.717) is 0 Å². The van der Waals surface area contributed by atoms with Crippen molar-refractivity contribution in [2.24, 2.45) is 4.99 Å². The van der Waals surface area contributed by atoms with E-state index in [1.807, 2.05) is 6.34 Å². The van der Waals surface area contributed by atoms with Crippen LogP contribution in [-0.2, 0) is 0 Å². The highest BCUT2D eigenvalue weighted by Crippen LogP contribution is 2.10. The molecule has 3 N–H and O–H groups in total. The maximum Gasteiger partial charge on any atom is 0.0851 e. The van der Waals surface area contributed by atoms with Gasteiger partial charge in [-0.15, -0.1) is 0 Å². The van der Waals surface area contributed by atoms with E-state index in [1.54, 1.807) is 0 Å². The molecule has 0 saturated carbocycles. The van der Waals surface area contributed by atoms with Crippen LogP contribution in [0.25, 0.3) is 0 Å². The minimum Gasteiger partial charge on any atom is -0.361 e. The van der Waals surface area contributed by atoms with Crippen molar-refractivity contribution < 1.29 is 0 Å². The molecular formula is C21H43N3. The van der Waals surface area contributed by atoms with Gasteiger partial charge >= 0.3 is 0 Å². The van der Waals surface area contributed by atoms with Crippen molar-refractivity contribution in [2.75, 3.05) is 19.6 Å². The Balaban J connectivity index is 0.00000529. The number of hydrogen-bond donors (Lipinski definition) is 1. The second kappa shape index (κ2) is 18.5. The molecule has 3 heteroatoms. The Bertz CT molecular complexity index is 299. The van der Waals surface area contributed by atoms with Crippen LogP contribution in [0.5, 0.6) is 0 Å². The number of unbranched alkanes of at least 4 members (excludes halogenated alkanes) is 12. The van der Waals surface area contributed by atoms with E-state index in [2.05, 4.69) is 29.0 Å². The summed E-state index contributed by atoms with van der Waals surface area (Å²) >= 11 is 0. The Labute approximate surface area is 151 Å². The smallest absolute Gasteiger partial charge is 0.0851 e. The molecule has 1 aliphatic rings. The first-order valence-electron chi connectivity index (χ1n) is 10.3. The molecule has 0 amide bonds. The molecule has 0 aromatic carbocycles. The van der Waals surface area contributed by atoms with Crippen molar-refractivity contribution >= 4 is 6.34 Å². The largest absolute Gasteiger partial charge is 0.361 e. The quantitative estimate of drug-likeness (QED) is 0.257. The Morgan fingerprint density at radius 2 is 1.33 bits per heavy atom. The molecule has 24 heavy (non-hydrogen) atoms. The van der Waals surface area contributed by atoms with Crippen molar-refractivity contribution in [1.29, 1.82) is 0 Å². The summed E-state index contributed by atoms with van der Waals surface area (Å²) in [6, 6.07) is 0. The fourth-order valence-corrected chi connectivity index (χ4v) is 3.15. The van der Waals surface area contributed by atoms with Crippen LogP contribution in [0, 0.1) is 0 Å². The maximum atomic E-state index is 4.25. The first-order chi connectivity index (χ1) is 11.4. The van der Waals surface area contributed by atoms with Crippen molar-refractivity contribution in [3.63, 3.8) is 0 Å². The Hall–Kier alpha value is -0.830. The van der Waals surface area contributed by atoms with Gasteiger partial charge in [0.2, 0.25) is 0 Å². The molecule has 1 heterocycles. The van der Waals surface area contributed by atoms with Crippen LogP contribution in [0.2, 0.25) is 0 Å². The van der Waals surface area contributed by atoms with Crippen molar-refractivity contribution in [1.82, 2.24) is 11.1 Å². The molecule has 1 aliphatic heterocycles. The lowest BCUT2D eigenvalue weighted by Gasteiger charge is -2.12. The molecule has 3 nitrogen and oxygen atoms in total. The van der Waals surface area contributed by atoms with E-state index in [4.69, 9.17) is 0 Å². The standard InChI is InChI=1S/C21H40N2.H3N/c1-2-3-4-5-6-7-8-9-10-11-12-13-14-15-16-17-19-23-20-18-22-21-23;/h9-10,21H,2-8,11-20H2,1H3;1H3. The summed E-state index contributed by atoms with van der Waals surface area (Å²) in [4.78, 5) is 6.61. The Kier molecular flexibility index (Phi) is 17.9. The van der Waals surface area contributed by atoms with Crippen molar-refractivity contribution in [2.45, 2.75) is 96.8 Å². The fraction of sp³-hybridized carbons (Fsp3) is 0.857. The average molecular weight is 338 g/mol. The van der Waals surface area contributed by atoms with E-state index >= 15 is 0 Å². The van der Waals surface area contributed by atoms with Crippen LogP contribution < -0.4 is 6.15 Å². The Morgan fingerprint density at radius 1 is 0.792 bits per heavy atom. The van der Waals surface area contributed by atoms with Gasteiger partial charge in [-0.05, 0) is 32.1 Å². The third kappa shape index (κ3) is 14.7. The van der Waals surface area contributed by atoms with Gasteiger partial charge in [0.25, 0.3) is 0 Å². The van der Waals surface area contributed by atoms with Crippen molar-refractivity contribution in [3.05, 3.63) is 12.2 Å². The second-order valence-electron chi connectivity index (χ2n) is 7.00. The van der Waals surface area contributed by atoms with Gasteiger partial charge in [-0.2, -0.15) is 0 Å². The van der Waals surface area contributed by atoms with Crippen LogP contribution in [0.4, 0.5) is 0 Å². The predicted molar refractivity (Wildman–Crippen MR) is 109 cm³/mol. The van der Waals surface area contributed by atoms with Gasteiger partial charge in [0.1, 0.15) is 0 Å². The molecule has 0 unspecified atom stereocenters. The second-order valence-corrected chi connectivity index (χ2v) is 7.00. The molecule has 0 saturated heterocycles. The van der Waals surface area contributed by atoms with Crippen LogP contribution in [0.1, 0.15) is 96.8 Å². The van der Waals surface area contributed by atoms with Gasteiger partial charge in [0.05, 0.1) is 12.9 Å². The fourth-order valence-electron chi connectivity index (χ4n) is 3.15. The topological polar surface area (TPSA) is 50.6 Å². The van der Waals surface area contributed by atoms with Gasteiger partial charge < -0.3 is 11.1 Å². The van der Waals surface area contributed by atoms with Crippen LogP contribution in [0.15, 0.2) is 17.1 Å². The maximum absolute atomic E-state index is 4.25. The van der Waals surface area contributed by atoms with Gasteiger partial charge in [-0.1, -0.05) is 76.9 Å². The van der Waals surface area contributed by atoms with E-state index in [1.165, 1.54) is 96.4 Å². The summed E-state index contributed by atoms with van der Waals surface area (Å²) < 4.78 is 0. The lowest BCUT2D eigenvalue weighted by Crippen LogP contribution is -2.20. The molecule has 0 atom stereocenters. The normalized spacial score (nSPS) is 13.8. The zero-order valence-corrected chi connectivity index (χ0v) is 16.4. The first kappa shape index (κ1) is 23.2. The van der Waals surface area contributed by atoms with Gasteiger partial charge in [-0.25, -0.2) is 0 Å². The minimum absolute atomic E-state index is 0. The number of rotatable bonds is 16. The molecule has 0 spiro atoms. The minimum atomic E-state index is 0. The highest BCUT2D eigenvalue weighted by atomic mass is 15.2. The van der Waals surface area contributed by atoms with Gasteiger partial charge in [0, 0.05) is 13.1 Å². The molecule has 0 aromatic heterocycles. The van der Waals surface area contributed by atoms with E-state index in [9.17, 15) is 0 Å². The summed E-state index contributed by atoms with van der Waals surface area (Å²) in [6.45, 7) is 5.65. The molecule has 1 rings (SSSR count). The zero-order chi connectivity index (χ0) is 16.4. The lowest BCUT2D eigenvalue weighted by molar-refractivity contribution is 0.439. The van der Waals surface area contributed by atoms with E-state index < -0.39 is 0 Å². The summed E-state index contributed by atoms with van der Waals surface area (Å²) in [5.74, 6) is 0. The van der Waals surface area contributed by atoms with E-state index in [0.717, 1.165) is 13.1 Å². The zero-order valence-electron chi connectivity index (χ0n) is 16.4. The van der Waals surface area contributed by atoms with Crippen LogP contribution in [0.3, 0.4) is 0 Å². The molecule has 142 valence electrons. The van der Waals surface area contributed by atoms with E-state index in [-0.39, 0.29) is 6.15 Å². The van der Waals surface area contributed by atoms with Crippen molar-refractivity contribution in [3.8, 4) is 0 Å².